The number of ether oxygens (including phenoxy) is 1. The van der Waals surface area contributed by atoms with Crippen LogP contribution in [-0.4, -0.2) is 7.11 Å². The van der Waals surface area contributed by atoms with Crippen LogP contribution in [-0.2, 0) is 0 Å². The predicted octanol–water partition coefficient (Wildman–Crippen LogP) is 3.26. The normalized spacial score (nSPS) is 10.2. The number of aryl methyl sites for hydroxylation is 1. The maximum Gasteiger partial charge on any atom is 0.143 e. The van der Waals surface area contributed by atoms with E-state index >= 15 is 0 Å². The number of nitrogens with two attached hydrogens (primary N) is 2. The minimum atomic E-state index is 0.503. The van der Waals surface area contributed by atoms with Crippen molar-refractivity contribution >= 4 is 34.4 Å². The molecule has 0 aliphatic heterocycles. The van der Waals surface area contributed by atoms with Gasteiger partial charge >= 0.3 is 0 Å². The zero-order chi connectivity index (χ0) is 14.7. The number of hydrazine groups is 1. The quantitative estimate of drug-likeness (QED) is 0.513. The van der Waals surface area contributed by atoms with Crippen molar-refractivity contribution in [3.63, 3.8) is 0 Å². The summed E-state index contributed by atoms with van der Waals surface area (Å²) in [4.78, 5) is 0. The van der Waals surface area contributed by atoms with Crippen LogP contribution >= 0.6 is 11.6 Å². The number of hydrogen-bond donors (Lipinski definition) is 4. The summed E-state index contributed by atoms with van der Waals surface area (Å²) < 4.78 is 5.20. The lowest BCUT2D eigenvalue weighted by Crippen LogP contribution is -2.10. The highest BCUT2D eigenvalue weighted by Gasteiger charge is 2.05. The third kappa shape index (κ3) is 3.00. The first kappa shape index (κ1) is 14.1. The van der Waals surface area contributed by atoms with Gasteiger partial charge in [0.05, 0.1) is 34.9 Å². The van der Waals surface area contributed by atoms with Gasteiger partial charge in [-0.05, 0) is 36.8 Å². The minimum Gasteiger partial charge on any atom is -0.495 e. The molecule has 0 unspecified atom stereocenters. The van der Waals surface area contributed by atoms with Crippen molar-refractivity contribution in [1.82, 2.24) is 0 Å². The van der Waals surface area contributed by atoms with Gasteiger partial charge in [0.2, 0.25) is 0 Å². The molecule has 2 aromatic carbocycles. The second-order valence-corrected chi connectivity index (χ2v) is 4.80. The summed E-state index contributed by atoms with van der Waals surface area (Å²) in [5.41, 5.74) is 21.5. The van der Waals surface area contributed by atoms with Crippen LogP contribution in [0.4, 0.5) is 22.7 Å². The molecule has 0 bridgehead atoms. The zero-order valence-corrected chi connectivity index (χ0v) is 12.1. The van der Waals surface area contributed by atoms with Crippen molar-refractivity contribution in [3.05, 3.63) is 40.9 Å². The molecular weight excluding hydrogens is 276 g/mol. The Hall–Kier alpha value is -2.27. The van der Waals surface area contributed by atoms with Gasteiger partial charge in [-0.1, -0.05) is 11.6 Å². The number of methoxy groups -OCH3 is 1. The Balaban J connectivity index is 2.16. The highest BCUT2D eigenvalue weighted by Crippen LogP contribution is 2.29. The highest BCUT2D eigenvalue weighted by atomic mass is 35.5. The van der Waals surface area contributed by atoms with Crippen molar-refractivity contribution in [2.75, 3.05) is 29.4 Å². The molecule has 0 saturated carbocycles. The van der Waals surface area contributed by atoms with E-state index in [-0.39, 0.29) is 0 Å². The van der Waals surface area contributed by atoms with Gasteiger partial charge in [0.25, 0.3) is 0 Å². The molecule has 2 aromatic rings. The van der Waals surface area contributed by atoms with Crippen LogP contribution in [0.2, 0.25) is 5.02 Å². The molecule has 0 saturated heterocycles. The standard InChI is InChI=1S/C14H17ClN4O/c1-8-5-12(17)14(20-2)7-13(8)19-18-9-3-4-11(16)10(15)6-9/h3-7,18-19H,16-17H2,1-2H3. The molecule has 5 nitrogen and oxygen atoms in total. The molecule has 6 N–H and O–H groups in total. The van der Waals surface area contributed by atoms with Gasteiger partial charge in [-0.2, -0.15) is 0 Å². The Morgan fingerprint density at radius 1 is 1.05 bits per heavy atom. The number of nitrogens with one attached hydrogen (secondary N) is 2. The van der Waals surface area contributed by atoms with E-state index in [0.717, 1.165) is 16.9 Å². The predicted molar refractivity (Wildman–Crippen MR) is 85.3 cm³/mol. The van der Waals surface area contributed by atoms with Gasteiger partial charge in [0.15, 0.2) is 0 Å². The van der Waals surface area contributed by atoms with Crippen LogP contribution in [0.25, 0.3) is 0 Å². The van der Waals surface area contributed by atoms with Crippen molar-refractivity contribution in [3.8, 4) is 5.75 Å². The van der Waals surface area contributed by atoms with Crippen LogP contribution < -0.4 is 27.1 Å². The first-order valence-corrected chi connectivity index (χ1v) is 6.40. The average molecular weight is 293 g/mol. The molecule has 0 aliphatic carbocycles. The summed E-state index contributed by atoms with van der Waals surface area (Å²) in [7, 11) is 1.58. The summed E-state index contributed by atoms with van der Waals surface area (Å²) in [6.45, 7) is 1.95. The van der Waals surface area contributed by atoms with E-state index < -0.39 is 0 Å². The Bertz CT molecular complexity index is 631. The molecule has 0 aliphatic rings. The SMILES string of the molecule is COc1cc(NNc2ccc(N)c(Cl)c2)c(C)cc1N. The molecule has 0 spiro atoms. The van der Waals surface area contributed by atoms with Crippen LogP contribution in [0.1, 0.15) is 5.56 Å². The summed E-state index contributed by atoms with van der Waals surface area (Å²) >= 11 is 5.97. The molecular formula is C14H17ClN4O. The fourth-order valence-electron chi connectivity index (χ4n) is 1.77. The van der Waals surface area contributed by atoms with Gasteiger partial charge in [0, 0.05) is 6.07 Å². The summed E-state index contributed by atoms with van der Waals surface area (Å²) in [6.07, 6.45) is 0. The average Bonchev–Trinajstić information content (AvgIpc) is 2.41. The summed E-state index contributed by atoms with van der Waals surface area (Å²) in [6, 6.07) is 8.99. The van der Waals surface area contributed by atoms with E-state index in [1.807, 2.05) is 25.1 Å². The fourth-order valence-corrected chi connectivity index (χ4v) is 1.95. The number of benzene rings is 2. The second-order valence-electron chi connectivity index (χ2n) is 4.40. The zero-order valence-electron chi connectivity index (χ0n) is 11.3. The molecule has 2 rings (SSSR count). The summed E-state index contributed by atoms with van der Waals surface area (Å²) in [5, 5.41) is 0.503. The lowest BCUT2D eigenvalue weighted by Gasteiger charge is -2.15. The molecule has 0 heterocycles. The fraction of sp³-hybridized carbons (Fsp3) is 0.143. The van der Waals surface area contributed by atoms with E-state index in [0.29, 0.717) is 22.1 Å². The van der Waals surface area contributed by atoms with Gasteiger partial charge in [-0.25, -0.2) is 0 Å². The molecule has 0 amide bonds. The van der Waals surface area contributed by atoms with E-state index in [4.69, 9.17) is 27.8 Å². The number of hydrogen-bond acceptors (Lipinski definition) is 5. The van der Waals surface area contributed by atoms with E-state index in [1.54, 1.807) is 19.2 Å². The molecule has 0 atom stereocenters. The Morgan fingerprint density at radius 2 is 1.80 bits per heavy atom. The van der Waals surface area contributed by atoms with Gasteiger partial charge < -0.3 is 27.1 Å². The molecule has 20 heavy (non-hydrogen) atoms. The Labute approximate surface area is 122 Å². The Morgan fingerprint density at radius 3 is 2.45 bits per heavy atom. The van der Waals surface area contributed by atoms with E-state index in [9.17, 15) is 0 Å². The van der Waals surface area contributed by atoms with Crippen LogP contribution in [0.15, 0.2) is 30.3 Å². The van der Waals surface area contributed by atoms with E-state index in [1.165, 1.54) is 0 Å². The van der Waals surface area contributed by atoms with Gasteiger partial charge in [-0.3, -0.25) is 0 Å². The van der Waals surface area contributed by atoms with Crippen LogP contribution in [0.5, 0.6) is 5.75 Å². The third-order valence-electron chi connectivity index (χ3n) is 2.92. The van der Waals surface area contributed by atoms with Gasteiger partial charge in [-0.15, -0.1) is 0 Å². The van der Waals surface area contributed by atoms with E-state index in [2.05, 4.69) is 10.9 Å². The second kappa shape index (κ2) is 5.79. The molecule has 106 valence electrons. The maximum absolute atomic E-state index is 5.97. The lowest BCUT2D eigenvalue weighted by molar-refractivity contribution is 0.417. The maximum atomic E-state index is 5.97. The van der Waals surface area contributed by atoms with Crippen molar-refractivity contribution in [2.24, 2.45) is 0 Å². The topological polar surface area (TPSA) is 85.3 Å². The van der Waals surface area contributed by atoms with Crippen LogP contribution in [0, 0.1) is 6.92 Å². The van der Waals surface area contributed by atoms with Crippen molar-refractivity contribution in [1.29, 1.82) is 0 Å². The first-order chi connectivity index (χ1) is 9.51. The summed E-state index contributed by atoms with van der Waals surface area (Å²) in [5.74, 6) is 0.621. The van der Waals surface area contributed by atoms with Crippen LogP contribution in [0.3, 0.4) is 0 Å². The first-order valence-electron chi connectivity index (χ1n) is 6.02. The Kier molecular flexibility index (Phi) is 4.10. The lowest BCUT2D eigenvalue weighted by atomic mass is 10.1. The minimum absolute atomic E-state index is 0.503. The third-order valence-corrected chi connectivity index (χ3v) is 3.25. The molecule has 0 aromatic heterocycles. The smallest absolute Gasteiger partial charge is 0.143 e. The largest absolute Gasteiger partial charge is 0.495 e. The molecule has 6 heteroatoms. The monoisotopic (exact) mass is 292 g/mol. The molecule has 0 fully saturated rings. The number of anilines is 4. The van der Waals surface area contributed by atoms with Crippen molar-refractivity contribution in [2.45, 2.75) is 6.92 Å². The number of rotatable bonds is 4. The molecule has 0 radical (unpaired) electrons. The number of nitrogen functional groups attached to an aromatic ring is 2. The van der Waals surface area contributed by atoms with Crippen molar-refractivity contribution < 1.29 is 4.74 Å². The highest BCUT2D eigenvalue weighted by molar-refractivity contribution is 6.33. The number of halogens is 1. The van der Waals surface area contributed by atoms with Gasteiger partial charge in [0.1, 0.15) is 5.75 Å².